The van der Waals surface area contributed by atoms with E-state index in [0.717, 1.165) is 50.4 Å². The third-order valence-corrected chi connectivity index (χ3v) is 9.46. The monoisotopic (exact) mass is 448 g/mol. The number of hydrogen-bond donors (Lipinski definition) is 1. The number of sulfonamides is 1. The molecule has 30 heavy (non-hydrogen) atoms. The number of benzene rings is 1. The molecule has 3 heterocycles. The molecular formula is C22H32N4O2S2. The van der Waals surface area contributed by atoms with Gasteiger partial charge in [0.1, 0.15) is 4.21 Å². The molecule has 1 aromatic carbocycles. The van der Waals surface area contributed by atoms with Gasteiger partial charge in [-0.25, -0.2) is 13.1 Å². The Hall–Kier alpha value is -1.45. The summed E-state index contributed by atoms with van der Waals surface area (Å²) in [5.41, 5.74) is 3.86. The third kappa shape index (κ3) is 4.57. The second-order valence-electron chi connectivity index (χ2n) is 8.34. The van der Waals surface area contributed by atoms with Gasteiger partial charge in [0, 0.05) is 62.9 Å². The zero-order valence-electron chi connectivity index (χ0n) is 18.1. The van der Waals surface area contributed by atoms with Crippen molar-refractivity contribution in [2.75, 3.05) is 58.3 Å². The number of nitrogens with one attached hydrogen (secondary N) is 1. The SMILES string of the molecule is CCc1ccc(S(=O)(=O)NCC(c2ccc3c(c2)CCN3C)N2CCN(C)CC2)s1. The highest BCUT2D eigenvalue weighted by Gasteiger charge is 2.28. The van der Waals surface area contributed by atoms with Crippen LogP contribution in [-0.2, 0) is 22.9 Å². The van der Waals surface area contributed by atoms with Crippen molar-refractivity contribution in [3.63, 3.8) is 0 Å². The van der Waals surface area contributed by atoms with Crippen molar-refractivity contribution in [1.29, 1.82) is 0 Å². The average Bonchev–Trinajstić information content (AvgIpc) is 3.37. The molecule has 2 aromatic rings. The molecule has 0 spiro atoms. The van der Waals surface area contributed by atoms with Crippen LogP contribution < -0.4 is 9.62 Å². The zero-order valence-corrected chi connectivity index (χ0v) is 19.7. The Labute approximate surface area is 184 Å². The van der Waals surface area contributed by atoms with Crippen LogP contribution in [-0.4, -0.2) is 71.6 Å². The fraction of sp³-hybridized carbons (Fsp3) is 0.545. The molecule has 1 saturated heterocycles. The number of aryl methyl sites for hydroxylation is 1. The van der Waals surface area contributed by atoms with Gasteiger partial charge in [-0.2, -0.15) is 0 Å². The van der Waals surface area contributed by atoms with Gasteiger partial charge >= 0.3 is 0 Å². The van der Waals surface area contributed by atoms with Crippen molar-refractivity contribution in [1.82, 2.24) is 14.5 Å². The fourth-order valence-electron chi connectivity index (χ4n) is 4.34. The maximum absolute atomic E-state index is 12.9. The largest absolute Gasteiger partial charge is 0.374 e. The van der Waals surface area contributed by atoms with Gasteiger partial charge in [0.2, 0.25) is 10.0 Å². The standard InChI is InChI=1S/C22H32N4O2S2/c1-4-19-6-8-22(29-19)30(27,28)23-16-21(26-13-11-24(2)12-14-26)17-5-7-20-18(15-17)9-10-25(20)3/h5-8,15,21,23H,4,9-14,16H2,1-3H3. The molecule has 164 valence electrons. The van der Waals surface area contributed by atoms with E-state index in [1.165, 1.54) is 28.2 Å². The van der Waals surface area contributed by atoms with Gasteiger partial charge in [-0.15, -0.1) is 11.3 Å². The Morgan fingerprint density at radius 3 is 2.53 bits per heavy atom. The minimum atomic E-state index is -3.50. The molecule has 1 N–H and O–H groups in total. The first kappa shape index (κ1) is 21.8. The molecule has 2 aliphatic rings. The molecule has 0 amide bonds. The second kappa shape index (κ2) is 8.96. The van der Waals surface area contributed by atoms with Crippen molar-refractivity contribution >= 4 is 27.0 Å². The first-order chi connectivity index (χ1) is 14.4. The van der Waals surface area contributed by atoms with Crippen LogP contribution in [0.2, 0.25) is 0 Å². The number of rotatable bonds is 7. The minimum absolute atomic E-state index is 0.0373. The summed E-state index contributed by atoms with van der Waals surface area (Å²) >= 11 is 1.36. The second-order valence-corrected chi connectivity index (χ2v) is 11.5. The van der Waals surface area contributed by atoms with Gasteiger partial charge < -0.3 is 9.80 Å². The number of hydrogen-bond acceptors (Lipinski definition) is 6. The van der Waals surface area contributed by atoms with Gasteiger partial charge in [-0.05, 0) is 49.2 Å². The molecule has 2 aliphatic heterocycles. The lowest BCUT2D eigenvalue weighted by Crippen LogP contribution is -2.48. The van der Waals surface area contributed by atoms with E-state index >= 15 is 0 Å². The predicted octanol–water partition coefficient (Wildman–Crippen LogP) is 2.57. The lowest BCUT2D eigenvalue weighted by molar-refractivity contribution is 0.113. The Kier molecular flexibility index (Phi) is 6.50. The summed E-state index contributed by atoms with van der Waals surface area (Å²) in [6.45, 7) is 7.37. The van der Waals surface area contributed by atoms with Gasteiger partial charge in [0.05, 0.1) is 0 Å². The maximum atomic E-state index is 12.9. The van der Waals surface area contributed by atoms with Crippen LogP contribution in [0.25, 0.3) is 0 Å². The molecule has 1 unspecified atom stereocenters. The summed E-state index contributed by atoms with van der Waals surface area (Å²) in [5.74, 6) is 0. The number of likely N-dealkylation sites (N-methyl/N-ethyl adjacent to an activating group) is 2. The predicted molar refractivity (Wildman–Crippen MR) is 124 cm³/mol. The number of nitrogens with zero attached hydrogens (tertiary/aromatic N) is 3. The van der Waals surface area contributed by atoms with Crippen LogP contribution in [0.1, 0.15) is 29.0 Å². The summed E-state index contributed by atoms with van der Waals surface area (Å²) in [6.07, 6.45) is 1.91. The van der Waals surface area contributed by atoms with Crippen molar-refractivity contribution < 1.29 is 8.42 Å². The zero-order chi connectivity index (χ0) is 21.3. The molecule has 1 fully saturated rings. The van der Waals surface area contributed by atoms with Crippen LogP contribution in [0.4, 0.5) is 5.69 Å². The quantitative estimate of drug-likeness (QED) is 0.706. The highest BCUT2D eigenvalue weighted by molar-refractivity contribution is 7.91. The van der Waals surface area contributed by atoms with E-state index in [0.29, 0.717) is 10.8 Å². The van der Waals surface area contributed by atoms with Crippen LogP contribution >= 0.6 is 11.3 Å². The Bertz CT molecular complexity index is 981. The average molecular weight is 449 g/mol. The summed E-state index contributed by atoms with van der Waals surface area (Å²) in [5, 5.41) is 0. The van der Waals surface area contributed by atoms with E-state index in [2.05, 4.69) is 51.7 Å². The van der Waals surface area contributed by atoms with Crippen LogP contribution in [0, 0.1) is 0 Å². The van der Waals surface area contributed by atoms with Crippen molar-refractivity contribution in [2.45, 2.75) is 30.0 Å². The van der Waals surface area contributed by atoms with Crippen LogP contribution in [0.5, 0.6) is 0 Å². The molecule has 4 rings (SSSR count). The first-order valence-corrected chi connectivity index (χ1v) is 13.0. The highest BCUT2D eigenvalue weighted by Crippen LogP contribution is 2.32. The van der Waals surface area contributed by atoms with Gasteiger partial charge in [-0.1, -0.05) is 19.1 Å². The topological polar surface area (TPSA) is 55.9 Å². The number of anilines is 1. The van der Waals surface area contributed by atoms with E-state index < -0.39 is 10.0 Å². The first-order valence-electron chi connectivity index (χ1n) is 10.7. The van der Waals surface area contributed by atoms with Crippen LogP contribution in [0.3, 0.4) is 0 Å². The molecule has 0 radical (unpaired) electrons. The summed E-state index contributed by atoms with van der Waals surface area (Å²) in [6, 6.07) is 10.3. The third-order valence-electron chi connectivity index (χ3n) is 6.31. The Morgan fingerprint density at radius 2 is 1.83 bits per heavy atom. The van der Waals surface area contributed by atoms with E-state index in [1.807, 2.05) is 13.0 Å². The summed E-state index contributed by atoms with van der Waals surface area (Å²) < 4.78 is 29.2. The van der Waals surface area contributed by atoms with Crippen molar-refractivity contribution in [3.05, 3.63) is 46.3 Å². The Morgan fingerprint density at radius 1 is 1.07 bits per heavy atom. The van der Waals surface area contributed by atoms with Crippen molar-refractivity contribution in [3.8, 4) is 0 Å². The number of fused-ring (bicyclic) bond motifs is 1. The minimum Gasteiger partial charge on any atom is -0.374 e. The number of piperazine rings is 1. The van der Waals surface area contributed by atoms with Crippen molar-refractivity contribution in [2.24, 2.45) is 0 Å². The van der Waals surface area contributed by atoms with Gasteiger partial charge in [-0.3, -0.25) is 4.90 Å². The lowest BCUT2D eigenvalue weighted by Gasteiger charge is -2.38. The van der Waals surface area contributed by atoms with Gasteiger partial charge in [0.25, 0.3) is 0 Å². The maximum Gasteiger partial charge on any atom is 0.250 e. The van der Waals surface area contributed by atoms with E-state index in [4.69, 9.17) is 0 Å². The molecule has 1 aromatic heterocycles. The van der Waals surface area contributed by atoms with E-state index in [1.54, 1.807) is 6.07 Å². The fourth-order valence-corrected chi connectivity index (χ4v) is 6.72. The molecule has 8 heteroatoms. The molecule has 1 atom stereocenters. The number of thiophene rings is 1. The lowest BCUT2D eigenvalue weighted by atomic mass is 10.0. The molecular weight excluding hydrogens is 416 g/mol. The normalized spacial score (nSPS) is 19.2. The summed E-state index contributed by atoms with van der Waals surface area (Å²) in [4.78, 5) is 8.13. The van der Waals surface area contributed by atoms with Crippen LogP contribution in [0.15, 0.2) is 34.5 Å². The molecule has 0 aliphatic carbocycles. The smallest absolute Gasteiger partial charge is 0.250 e. The molecule has 0 saturated carbocycles. The van der Waals surface area contributed by atoms with E-state index in [-0.39, 0.29) is 6.04 Å². The molecule has 6 nitrogen and oxygen atoms in total. The van der Waals surface area contributed by atoms with Gasteiger partial charge in [0.15, 0.2) is 0 Å². The molecule has 0 bridgehead atoms. The highest BCUT2D eigenvalue weighted by atomic mass is 32.2. The van der Waals surface area contributed by atoms with E-state index in [9.17, 15) is 8.42 Å². The Balaban J connectivity index is 1.56. The summed E-state index contributed by atoms with van der Waals surface area (Å²) in [7, 11) is 0.770.